The molecule has 4 rings (SSSR count). The molecular weight excluding hydrogens is 326 g/mol. The summed E-state index contributed by atoms with van der Waals surface area (Å²) in [4.78, 5) is 0. The van der Waals surface area contributed by atoms with Gasteiger partial charge in [-0.2, -0.15) is 5.10 Å². The molecule has 0 aliphatic heterocycles. The fourth-order valence-corrected chi connectivity index (χ4v) is 4.21. The molecule has 0 radical (unpaired) electrons. The van der Waals surface area contributed by atoms with E-state index in [0.717, 1.165) is 24.5 Å². The summed E-state index contributed by atoms with van der Waals surface area (Å²) in [6, 6.07) is 18.9. The highest BCUT2D eigenvalue weighted by atomic mass is 32.1. The average molecular weight is 347 g/mol. The second-order valence-electron chi connectivity index (χ2n) is 6.26. The van der Waals surface area contributed by atoms with E-state index < -0.39 is 0 Å². The van der Waals surface area contributed by atoms with Crippen LogP contribution in [0.3, 0.4) is 0 Å². The maximum Gasteiger partial charge on any atom is 0.0648 e. The first-order valence-corrected chi connectivity index (χ1v) is 9.38. The monoisotopic (exact) mass is 347 g/mol. The van der Waals surface area contributed by atoms with E-state index in [1.54, 1.807) is 0 Å². The van der Waals surface area contributed by atoms with Gasteiger partial charge in [-0.3, -0.25) is 0 Å². The lowest BCUT2D eigenvalue weighted by molar-refractivity contribution is 0.691. The molecule has 0 bridgehead atoms. The topological polar surface area (TPSA) is 29.9 Å². The number of hydrogen-bond acceptors (Lipinski definition) is 3. The summed E-state index contributed by atoms with van der Waals surface area (Å²) in [5.41, 5.74) is 6.04. The van der Waals surface area contributed by atoms with Crippen LogP contribution in [0.25, 0.3) is 15.8 Å². The fourth-order valence-electron chi connectivity index (χ4n) is 3.24. The Morgan fingerprint density at radius 3 is 2.56 bits per heavy atom. The normalized spacial score (nSPS) is 11.3. The zero-order valence-corrected chi connectivity index (χ0v) is 15.3. The van der Waals surface area contributed by atoms with Crippen molar-refractivity contribution in [2.45, 2.75) is 26.9 Å². The third kappa shape index (κ3) is 3.11. The van der Waals surface area contributed by atoms with Crippen LogP contribution in [0.1, 0.15) is 22.5 Å². The second kappa shape index (κ2) is 6.82. The molecule has 2 heterocycles. The highest BCUT2D eigenvalue weighted by Crippen LogP contribution is 2.25. The minimum Gasteiger partial charge on any atom is -0.308 e. The van der Waals surface area contributed by atoms with E-state index in [1.165, 1.54) is 26.9 Å². The minimum absolute atomic E-state index is 0.828. The van der Waals surface area contributed by atoms with E-state index in [1.807, 2.05) is 34.2 Å². The predicted molar refractivity (Wildman–Crippen MR) is 105 cm³/mol. The van der Waals surface area contributed by atoms with E-state index in [2.05, 4.69) is 60.9 Å². The second-order valence-corrected chi connectivity index (χ2v) is 7.17. The first-order chi connectivity index (χ1) is 12.2. The van der Waals surface area contributed by atoms with Crippen LogP contribution < -0.4 is 5.32 Å². The molecule has 3 nitrogen and oxygen atoms in total. The van der Waals surface area contributed by atoms with Crippen LogP contribution in [0, 0.1) is 13.8 Å². The number of thiophene rings is 1. The van der Waals surface area contributed by atoms with Crippen molar-refractivity contribution in [1.29, 1.82) is 0 Å². The third-order valence-corrected chi connectivity index (χ3v) is 5.63. The van der Waals surface area contributed by atoms with Crippen LogP contribution in [0.15, 0.2) is 60.0 Å². The lowest BCUT2D eigenvalue weighted by atomic mass is 10.1. The molecule has 0 spiro atoms. The van der Waals surface area contributed by atoms with Crippen molar-refractivity contribution in [2.75, 3.05) is 0 Å². The summed E-state index contributed by atoms with van der Waals surface area (Å²) in [6.07, 6.45) is 0. The number of hydrogen-bond donors (Lipinski definition) is 1. The van der Waals surface area contributed by atoms with Crippen molar-refractivity contribution >= 4 is 21.4 Å². The molecule has 2 aromatic heterocycles. The summed E-state index contributed by atoms with van der Waals surface area (Å²) < 4.78 is 3.38. The van der Waals surface area contributed by atoms with Gasteiger partial charge in [0, 0.05) is 29.0 Å². The number of nitrogens with one attached hydrogen (secondary N) is 1. The molecule has 0 unspecified atom stereocenters. The van der Waals surface area contributed by atoms with Crippen molar-refractivity contribution in [3.63, 3.8) is 0 Å². The molecule has 1 N–H and O–H groups in total. The number of nitrogens with zero attached hydrogens (tertiary/aromatic N) is 2. The number of aryl methyl sites for hydroxylation is 1. The molecule has 126 valence electrons. The summed E-state index contributed by atoms with van der Waals surface area (Å²) in [6.45, 7) is 5.93. The molecule has 0 fully saturated rings. The van der Waals surface area contributed by atoms with Crippen molar-refractivity contribution in [2.24, 2.45) is 0 Å². The predicted octanol–water partition coefficient (Wildman–Crippen LogP) is 4.99. The molecule has 0 aliphatic rings. The van der Waals surface area contributed by atoms with E-state index >= 15 is 0 Å². The van der Waals surface area contributed by atoms with Crippen molar-refractivity contribution in [3.05, 3.63) is 82.5 Å². The standard InChI is InChI=1S/C21H21N3S/c1-15-20(16(2)24(23-15)18-8-4-3-5-9-18)13-22-12-17-14-25-21-11-7-6-10-19(17)21/h3-11,14,22H,12-13H2,1-2H3. The number of fused-ring (bicyclic) bond motifs is 1. The van der Waals surface area contributed by atoms with Crippen LogP contribution in [-0.2, 0) is 13.1 Å². The minimum atomic E-state index is 0.828. The summed E-state index contributed by atoms with van der Waals surface area (Å²) in [5, 5.41) is 11.9. The van der Waals surface area contributed by atoms with Gasteiger partial charge in [0.2, 0.25) is 0 Å². The van der Waals surface area contributed by atoms with Gasteiger partial charge in [-0.05, 0) is 48.4 Å². The Bertz CT molecular complexity index is 999. The molecule has 4 heteroatoms. The Labute approximate surface area is 151 Å². The first-order valence-electron chi connectivity index (χ1n) is 8.50. The summed E-state index contributed by atoms with van der Waals surface area (Å²) in [7, 11) is 0. The maximum absolute atomic E-state index is 4.72. The van der Waals surface area contributed by atoms with Gasteiger partial charge >= 0.3 is 0 Å². The van der Waals surface area contributed by atoms with Gasteiger partial charge in [-0.25, -0.2) is 4.68 Å². The molecule has 0 atom stereocenters. The van der Waals surface area contributed by atoms with Crippen LogP contribution in [0.5, 0.6) is 0 Å². The third-order valence-electron chi connectivity index (χ3n) is 4.62. The lowest BCUT2D eigenvalue weighted by Gasteiger charge is -2.07. The lowest BCUT2D eigenvalue weighted by Crippen LogP contribution is -2.13. The Morgan fingerprint density at radius 2 is 1.72 bits per heavy atom. The van der Waals surface area contributed by atoms with Crippen LogP contribution in [0.4, 0.5) is 0 Å². The smallest absolute Gasteiger partial charge is 0.0648 e. The number of aromatic nitrogens is 2. The Morgan fingerprint density at radius 1 is 0.960 bits per heavy atom. The van der Waals surface area contributed by atoms with Gasteiger partial charge in [0.1, 0.15) is 0 Å². The fraction of sp³-hybridized carbons (Fsp3) is 0.190. The number of para-hydroxylation sites is 1. The highest BCUT2D eigenvalue weighted by molar-refractivity contribution is 7.17. The molecule has 2 aromatic carbocycles. The van der Waals surface area contributed by atoms with Gasteiger partial charge in [0.15, 0.2) is 0 Å². The molecule has 0 saturated carbocycles. The van der Waals surface area contributed by atoms with Gasteiger partial charge in [0.05, 0.1) is 11.4 Å². The van der Waals surface area contributed by atoms with Gasteiger partial charge in [-0.15, -0.1) is 11.3 Å². The van der Waals surface area contributed by atoms with Crippen LogP contribution in [-0.4, -0.2) is 9.78 Å². The largest absolute Gasteiger partial charge is 0.308 e. The maximum atomic E-state index is 4.72. The summed E-state index contributed by atoms with van der Waals surface area (Å²) >= 11 is 1.81. The Hall–Kier alpha value is -2.43. The molecule has 4 aromatic rings. The van der Waals surface area contributed by atoms with E-state index in [0.29, 0.717) is 0 Å². The van der Waals surface area contributed by atoms with Gasteiger partial charge in [-0.1, -0.05) is 36.4 Å². The SMILES string of the molecule is Cc1nn(-c2ccccc2)c(C)c1CNCc1csc2ccccc12. The molecule has 0 saturated heterocycles. The van der Waals surface area contributed by atoms with Crippen molar-refractivity contribution in [1.82, 2.24) is 15.1 Å². The zero-order chi connectivity index (χ0) is 17.2. The Balaban J connectivity index is 1.51. The van der Waals surface area contributed by atoms with E-state index in [-0.39, 0.29) is 0 Å². The Kier molecular flexibility index (Phi) is 4.38. The van der Waals surface area contributed by atoms with E-state index in [4.69, 9.17) is 5.10 Å². The number of rotatable bonds is 5. The molecule has 25 heavy (non-hydrogen) atoms. The first kappa shape index (κ1) is 16.1. The van der Waals surface area contributed by atoms with Crippen LogP contribution >= 0.6 is 11.3 Å². The van der Waals surface area contributed by atoms with Crippen LogP contribution in [0.2, 0.25) is 0 Å². The quantitative estimate of drug-likeness (QED) is 0.551. The van der Waals surface area contributed by atoms with Crippen molar-refractivity contribution in [3.8, 4) is 5.69 Å². The van der Waals surface area contributed by atoms with Gasteiger partial charge in [0.25, 0.3) is 0 Å². The zero-order valence-electron chi connectivity index (χ0n) is 14.5. The molecular formula is C21H21N3S. The van der Waals surface area contributed by atoms with Crippen molar-refractivity contribution < 1.29 is 0 Å². The molecule has 0 amide bonds. The number of benzene rings is 2. The summed E-state index contributed by atoms with van der Waals surface area (Å²) in [5.74, 6) is 0. The molecule has 0 aliphatic carbocycles. The highest BCUT2D eigenvalue weighted by Gasteiger charge is 2.12. The average Bonchev–Trinajstić information content (AvgIpc) is 3.18. The van der Waals surface area contributed by atoms with Gasteiger partial charge < -0.3 is 5.32 Å². The van der Waals surface area contributed by atoms with E-state index in [9.17, 15) is 0 Å².